The number of benzene rings is 2. The minimum atomic E-state index is -0.726. The summed E-state index contributed by atoms with van der Waals surface area (Å²) in [5.41, 5.74) is 1.67. The number of anilines is 1. The standard InChI is InChI=1S/C22H18ClN3O4/c1-13-7-12-19(29-13)21-25-26(14(2)27)22(30-21)15-8-10-16(11-9-15)24-20(28)17-5-3-4-6-18(17)23/h3-12,22H,1-2H3,(H,24,28)/t22-/m0/s1. The van der Waals surface area contributed by atoms with Gasteiger partial charge in [0.15, 0.2) is 5.76 Å². The highest BCUT2D eigenvalue weighted by atomic mass is 35.5. The first-order chi connectivity index (χ1) is 14.4. The maximum absolute atomic E-state index is 12.4. The highest BCUT2D eigenvalue weighted by Crippen LogP contribution is 2.31. The Kier molecular flexibility index (Phi) is 5.29. The minimum absolute atomic E-state index is 0.236. The highest BCUT2D eigenvalue weighted by Gasteiger charge is 2.34. The van der Waals surface area contributed by atoms with Gasteiger partial charge in [0, 0.05) is 18.2 Å². The topological polar surface area (TPSA) is 84.1 Å². The summed E-state index contributed by atoms with van der Waals surface area (Å²) in [6.07, 6.45) is -0.726. The molecule has 7 nitrogen and oxygen atoms in total. The molecule has 2 heterocycles. The van der Waals surface area contributed by atoms with Gasteiger partial charge in [0.25, 0.3) is 11.8 Å². The normalized spacial score (nSPS) is 15.5. The van der Waals surface area contributed by atoms with Gasteiger partial charge < -0.3 is 14.5 Å². The average Bonchev–Trinajstić information content (AvgIpc) is 3.35. The van der Waals surface area contributed by atoms with Crippen LogP contribution in [0.25, 0.3) is 0 Å². The Hall–Kier alpha value is -3.58. The predicted molar refractivity (Wildman–Crippen MR) is 112 cm³/mol. The smallest absolute Gasteiger partial charge is 0.277 e. The third-order valence-electron chi connectivity index (χ3n) is 4.49. The van der Waals surface area contributed by atoms with Crippen LogP contribution in [0.5, 0.6) is 0 Å². The molecule has 2 aromatic carbocycles. The van der Waals surface area contributed by atoms with Gasteiger partial charge >= 0.3 is 0 Å². The summed E-state index contributed by atoms with van der Waals surface area (Å²) in [6.45, 7) is 3.23. The lowest BCUT2D eigenvalue weighted by Crippen LogP contribution is -2.25. The summed E-state index contributed by atoms with van der Waals surface area (Å²) in [5.74, 6) is 0.820. The molecular weight excluding hydrogens is 406 g/mol. The number of hydrazone groups is 1. The Morgan fingerprint density at radius 3 is 2.43 bits per heavy atom. The Balaban J connectivity index is 1.51. The van der Waals surface area contributed by atoms with E-state index >= 15 is 0 Å². The second-order valence-electron chi connectivity index (χ2n) is 6.71. The van der Waals surface area contributed by atoms with E-state index < -0.39 is 6.23 Å². The zero-order chi connectivity index (χ0) is 21.3. The van der Waals surface area contributed by atoms with Gasteiger partial charge in [-0.25, -0.2) is 0 Å². The molecule has 0 saturated heterocycles. The lowest BCUT2D eigenvalue weighted by atomic mass is 10.1. The second kappa shape index (κ2) is 8.04. The zero-order valence-corrected chi connectivity index (χ0v) is 17.0. The Bertz CT molecular complexity index is 1140. The summed E-state index contributed by atoms with van der Waals surface area (Å²) in [4.78, 5) is 24.5. The number of halogens is 1. The molecule has 30 heavy (non-hydrogen) atoms. The first-order valence-corrected chi connectivity index (χ1v) is 9.58. The molecule has 8 heteroatoms. The quantitative estimate of drug-likeness (QED) is 0.657. The van der Waals surface area contributed by atoms with Crippen LogP contribution in [0.4, 0.5) is 5.69 Å². The van der Waals surface area contributed by atoms with Crippen LogP contribution < -0.4 is 5.32 Å². The molecule has 2 amide bonds. The summed E-state index contributed by atoms with van der Waals surface area (Å²) in [6, 6.07) is 17.3. The molecular formula is C22H18ClN3O4. The molecule has 0 fully saturated rings. The Morgan fingerprint density at radius 1 is 1.07 bits per heavy atom. The largest absolute Gasteiger partial charge is 0.456 e. The molecule has 1 atom stereocenters. The van der Waals surface area contributed by atoms with Crippen LogP contribution in [0.3, 0.4) is 0 Å². The van der Waals surface area contributed by atoms with Crippen molar-refractivity contribution in [1.82, 2.24) is 5.01 Å². The first-order valence-electron chi connectivity index (χ1n) is 9.20. The molecule has 1 aliphatic heterocycles. The van der Waals surface area contributed by atoms with Crippen LogP contribution in [0.1, 0.15) is 40.6 Å². The van der Waals surface area contributed by atoms with Crippen molar-refractivity contribution in [1.29, 1.82) is 0 Å². The van der Waals surface area contributed by atoms with Gasteiger partial charge in [-0.2, -0.15) is 5.01 Å². The number of hydrogen-bond acceptors (Lipinski definition) is 5. The molecule has 0 saturated carbocycles. The third-order valence-corrected chi connectivity index (χ3v) is 4.82. The van der Waals surface area contributed by atoms with E-state index in [9.17, 15) is 9.59 Å². The maximum atomic E-state index is 12.4. The number of carbonyl (C=O) groups is 2. The van der Waals surface area contributed by atoms with E-state index in [0.29, 0.717) is 33.4 Å². The number of ether oxygens (including phenoxy) is 1. The van der Waals surface area contributed by atoms with Crippen molar-refractivity contribution >= 4 is 35.0 Å². The lowest BCUT2D eigenvalue weighted by Gasteiger charge is -2.19. The summed E-state index contributed by atoms with van der Waals surface area (Å²) < 4.78 is 11.4. The van der Waals surface area contributed by atoms with Gasteiger partial charge in [-0.05, 0) is 43.3 Å². The van der Waals surface area contributed by atoms with E-state index in [1.165, 1.54) is 11.9 Å². The van der Waals surface area contributed by atoms with E-state index in [4.69, 9.17) is 20.8 Å². The molecule has 1 aromatic heterocycles. The Labute approximate surface area is 177 Å². The number of nitrogens with zero attached hydrogens (tertiary/aromatic N) is 2. The predicted octanol–water partition coefficient (Wildman–Crippen LogP) is 4.73. The number of furan rings is 1. The molecule has 0 bridgehead atoms. The lowest BCUT2D eigenvalue weighted by molar-refractivity contribution is -0.135. The molecule has 1 aliphatic rings. The maximum Gasteiger partial charge on any atom is 0.277 e. The molecule has 3 aromatic rings. The van der Waals surface area contributed by atoms with Crippen molar-refractivity contribution < 1.29 is 18.7 Å². The first kappa shape index (κ1) is 19.7. The van der Waals surface area contributed by atoms with Crippen LogP contribution in [-0.4, -0.2) is 22.7 Å². The van der Waals surface area contributed by atoms with Crippen molar-refractivity contribution in [2.45, 2.75) is 20.1 Å². The van der Waals surface area contributed by atoms with Gasteiger partial charge in [-0.15, -0.1) is 5.10 Å². The van der Waals surface area contributed by atoms with Gasteiger partial charge in [-0.3, -0.25) is 9.59 Å². The molecule has 0 aliphatic carbocycles. The molecule has 4 rings (SSSR count). The van der Waals surface area contributed by atoms with E-state index in [1.807, 2.05) is 6.92 Å². The van der Waals surface area contributed by atoms with Crippen molar-refractivity contribution in [2.75, 3.05) is 5.32 Å². The molecule has 0 spiro atoms. The zero-order valence-electron chi connectivity index (χ0n) is 16.3. The van der Waals surface area contributed by atoms with Crippen molar-refractivity contribution in [3.05, 3.63) is 88.3 Å². The fourth-order valence-corrected chi connectivity index (χ4v) is 3.23. The van der Waals surface area contributed by atoms with Crippen molar-refractivity contribution in [3.63, 3.8) is 0 Å². The van der Waals surface area contributed by atoms with Gasteiger partial charge in [0.05, 0.1) is 10.6 Å². The molecule has 0 unspecified atom stereocenters. The number of nitrogens with one attached hydrogen (secondary N) is 1. The fourth-order valence-electron chi connectivity index (χ4n) is 3.01. The fraction of sp³-hybridized carbons (Fsp3) is 0.136. The number of amides is 2. The summed E-state index contributed by atoms with van der Waals surface area (Å²) in [7, 11) is 0. The summed E-state index contributed by atoms with van der Waals surface area (Å²) >= 11 is 6.07. The van der Waals surface area contributed by atoms with E-state index in [2.05, 4.69) is 10.4 Å². The number of aryl methyl sites for hydroxylation is 1. The third kappa shape index (κ3) is 3.92. The van der Waals surface area contributed by atoms with E-state index in [1.54, 1.807) is 60.7 Å². The average molecular weight is 424 g/mol. The second-order valence-corrected chi connectivity index (χ2v) is 7.11. The Morgan fingerprint density at radius 2 is 1.80 bits per heavy atom. The minimum Gasteiger partial charge on any atom is -0.456 e. The highest BCUT2D eigenvalue weighted by molar-refractivity contribution is 6.34. The van der Waals surface area contributed by atoms with Gasteiger partial charge in [0.1, 0.15) is 5.76 Å². The van der Waals surface area contributed by atoms with Crippen LogP contribution >= 0.6 is 11.6 Å². The van der Waals surface area contributed by atoms with Crippen molar-refractivity contribution in [3.8, 4) is 0 Å². The number of hydrogen-bond donors (Lipinski definition) is 1. The van der Waals surface area contributed by atoms with Gasteiger partial charge in [-0.1, -0.05) is 35.9 Å². The van der Waals surface area contributed by atoms with Crippen LogP contribution in [0.15, 0.2) is 70.2 Å². The molecule has 0 radical (unpaired) electrons. The van der Waals surface area contributed by atoms with Crippen LogP contribution in [0.2, 0.25) is 5.02 Å². The van der Waals surface area contributed by atoms with Crippen molar-refractivity contribution in [2.24, 2.45) is 5.10 Å². The summed E-state index contributed by atoms with van der Waals surface area (Å²) in [5, 5.41) is 8.68. The molecule has 152 valence electrons. The van der Waals surface area contributed by atoms with Gasteiger partial charge in [0.2, 0.25) is 12.1 Å². The van der Waals surface area contributed by atoms with E-state index in [0.717, 1.165) is 0 Å². The molecule has 1 N–H and O–H groups in total. The number of carbonyl (C=O) groups excluding carboxylic acids is 2. The number of rotatable bonds is 4. The SMILES string of the molecule is CC(=O)N1N=C(c2ccc(C)o2)O[C@H]1c1ccc(NC(=O)c2ccccc2Cl)cc1. The van der Waals surface area contributed by atoms with E-state index in [-0.39, 0.29) is 17.7 Å². The monoisotopic (exact) mass is 423 g/mol. The van der Waals surface area contributed by atoms with Crippen LogP contribution in [-0.2, 0) is 9.53 Å². The van der Waals surface area contributed by atoms with Crippen LogP contribution in [0, 0.1) is 6.92 Å².